The molecule has 0 aliphatic heterocycles. The highest BCUT2D eigenvalue weighted by molar-refractivity contribution is 9.10. The van der Waals surface area contributed by atoms with Gasteiger partial charge in [-0.05, 0) is 18.2 Å². The number of nitrogens with zero attached hydrogens (tertiary/aromatic N) is 2. The first kappa shape index (κ1) is 16.2. The molecule has 0 unspecified atom stereocenters. The van der Waals surface area contributed by atoms with Gasteiger partial charge in [0.05, 0.1) is 0 Å². The van der Waals surface area contributed by atoms with E-state index in [4.69, 9.17) is 11.6 Å². The summed E-state index contributed by atoms with van der Waals surface area (Å²) in [7, 11) is 0. The molecule has 112 valence electrons. The fourth-order valence-corrected chi connectivity index (χ4v) is 2.30. The first-order valence-electron chi connectivity index (χ1n) is 6.48. The Bertz CT molecular complexity index is 656. The maximum absolute atomic E-state index is 13.7. The highest BCUT2D eigenvalue weighted by Gasteiger charge is 2.18. The van der Waals surface area contributed by atoms with Crippen LogP contribution in [0.2, 0.25) is 5.15 Å². The van der Waals surface area contributed by atoms with Gasteiger partial charge in [-0.2, -0.15) is 0 Å². The molecule has 0 bridgehead atoms. The van der Waals surface area contributed by atoms with Gasteiger partial charge in [0.15, 0.2) is 0 Å². The third-order valence-corrected chi connectivity index (χ3v) is 3.52. The van der Waals surface area contributed by atoms with Gasteiger partial charge in [0.25, 0.3) is 0 Å². The number of rotatable bonds is 3. The molecule has 2 rings (SSSR count). The van der Waals surface area contributed by atoms with E-state index in [1.54, 1.807) is 18.2 Å². The molecule has 0 atom stereocenters. The van der Waals surface area contributed by atoms with Crippen molar-refractivity contribution in [1.82, 2.24) is 9.97 Å². The van der Waals surface area contributed by atoms with Gasteiger partial charge in [-0.1, -0.05) is 48.3 Å². The molecule has 0 radical (unpaired) electrons. The van der Waals surface area contributed by atoms with Crippen LogP contribution in [0.1, 0.15) is 32.2 Å². The van der Waals surface area contributed by atoms with Crippen LogP contribution in [0.15, 0.2) is 28.7 Å². The zero-order valence-corrected chi connectivity index (χ0v) is 14.4. The van der Waals surface area contributed by atoms with E-state index in [0.717, 1.165) is 4.47 Å². The largest absolute Gasteiger partial charge is 0.366 e. The van der Waals surface area contributed by atoms with Crippen molar-refractivity contribution in [3.05, 3.63) is 51.1 Å². The zero-order valence-electron chi connectivity index (χ0n) is 12.0. The molecular weight excluding hydrogens is 357 g/mol. The Labute approximate surface area is 137 Å². The van der Waals surface area contributed by atoms with Gasteiger partial charge in [-0.25, -0.2) is 14.4 Å². The first-order chi connectivity index (χ1) is 9.75. The molecule has 1 N–H and O–H groups in total. The van der Waals surface area contributed by atoms with E-state index in [0.29, 0.717) is 28.9 Å². The van der Waals surface area contributed by atoms with Crippen LogP contribution in [-0.2, 0) is 12.0 Å². The molecule has 21 heavy (non-hydrogen) atoms. The van der Waals surface area contributed by atoms with Gasteiger partial charge < -0.3 is 5.32 Å². The summed E-state index contributed by atoms with van der Waals surface area (Å²) in [6.45, 7) is 6.35. The number of benzene rings is 1. The number of halogens is 3. The molecule has 0 fully saturated rings. The van der Waals surface area contributed by atoms with Crippen molar-refractivity contribution in [1.29, 1.82) is 0 Å². The summed E-state index contributed by atoms with van der Waals surface area (Å²) in [5.41, 5.74) is 0.346. The monoisotopic (exact) mass is 371 g/mol. The lowest BCUT2D eigenvalue weighted by Gasteiger charge is -2.18. The minimum absolute atomic E-state index is 0.206. The van der Waals surface area contributed by atoms with Gasteiger partial charge >= 0.3 is 0 Å². The van der Waals surface area contributed by atoms with Crippen LogP contribution in [0, 0.1) is 5.82 Å². The van der Waals surface area contributed by atoms with Gasteiger partial charge in [0.2, 0.25) is 0 Å². The lowest BCUT2D eigenvalue weighted by atomic mass is 9.96. The Morgan fingerprint density at radius 1 is 1.24 bits per heavy atom. The second-order valence-electron chi connectivity index (χ2n) is 5.74. The van der Waals surface area contributed by atoms with Gasteiger partial charge in [0.1, 0.15) is 22.6 Å². The molecule has 0 saturated heterocycles. The fourth-order valence-electron chi connectivity index (χ4n) is 1.71. The normalized spacial score (nSPS) is 11.5. The summed E-state index contributed by atoms with van der Waals surface area (Å²) in [6, 6.07) is 6.45. The smallest absolute Gasteiger partial charge is 0.137 e. The van der Waals surface area contributed by atoms with Crippen LogP contribution in [0.5, 0.6) is 0 Å². The number of hydrogen-bond donors (Lipinski definition) is 1. The number of nitrogens with one attached hydrogen (secondary N) is 1. The predicted octanol–water partition coefficient (Wildman–Crippen LogP) is 4.94. The molecule has 0 spiro atoms. The van der Waals surface area contributed by atoms with Crippen LogP contribution >= 0.6 is 27.5 Å². The lowest BCUT2D eigenvalue weighted by molar-refractivity contribution is 0.546. The second-order valence-corrected chi connectivity index (χ2v) is 7.04. The SMILES string of the molecule is CC(C)(C)c1nc(Cl)cc(NCc2cc(Br)ccc2F)n1. The molecule has 6 heteroatoms. The Morgan fingerprint density at radius 2 is 1.95 bits per heavy atom. The maximum atomic E-state index is 13.7. The number of aromatic nitrogens is 2. The first-order valence-corrected chi connectivity index (χ1v) is 7.65. The van der Waals surface area contributed by atoms with Crippen molar-refractivity contribution in [2.24, 2.45) is 0 Å². The van der Waals surface area contributed by atoms with Gasteiger partial charge in [-0.15, -0.1) is 0 Å². The van der Waals surface area contributed by atoms with Crippen molar-refractivity contribution >= 4 is 33.3 Å². The van der Waals surface area contributed by atoms with E-state index >= 15 is 0 Å². The van der Waals surface area contributed by atoms with Gasteiger partial charge in [0, 0.05) is 28.1 Å². The van der Waals surface area contributed by atoms with E-state index in [1.807, 2.05) is 20.8 Å². The third kappa shape index (κ3) is 4.38. The van der Waals surface area contributed by atoms with Crippen LogP contribution in [0.4, 0.5) is 10.2 Å². The summed E-state index contributed by atoms with van der Waals surface area (Å²) in [5, 5.41) is 3.45. The number of anilines is 1. The minimum atomic E-state index is -0.262. The van der Waals surface area contributed by atoms with Crippen molar-refractivity contribution in [3.63, 3.8) is 0 Å². The van der Waals surface area contributed by atoms with Crippen LogP contribution < -0.4 is 5.32 Å². The Balaban J connectivity index is 2.20. The van der Waals surface area contributed by atoms with Crippen LogP contribution in [0.25, 0.3) is 0 Å². The molecule has 2 aromatic rings. The molecule has 1 heterocycles. The summed E-state index contributed by atoms with van der Waals surface area (Å²) in [6.07, 6.45) is 0. The van der Waals surface area contributed by atoms with Crippen molar-refractivity contribution in [3.8, 4) is 0 Å². The lowest BCUT2D eigenvalue weighted by Crippen LogP contribution is -2.17. The number of hydrogen-bond acceptors (Lipinski definition) is 3. The van der Waals surface area contributed by atoms with Crippen molar-refractivity contribution in [2.75, 3.05) is 5.32 Å². The quantitative estimate of drug-likeness (QED) is 0.775. The predicted molar refractivity (Wildman–Crippen MR) is 87.2 cm³/mol. The summed E-state index contributed by atoms with van der Waals surface area (Å²) in [4.78, 5) is 8.66. The molecule has 1 aromatic heterocycles. The van der Waals surface area contributed by atoms with Crippen LogP contribution in [-0.4, -0.2) is 9.97 Å². The topological polar surface area (TPSA) is 37.8 Å². The minimum Gasteiger partial charge on any atom is -0.366 e. The Hall–Kier alpha value is -1.20. The van der Waals surface area contributed by atoms with Crippen molar-refractivity contribution in [2.45, 2.75) is 32.7 Å². The van der Waals surface area contributed by atoms with Crippen LogP contribution in [0.3, 0.4) is 0 Å². The highest BCUT2D eigenvalue weighted by Crippen LogP contribution is 2.23. The summed E-state index contributed by atoms with van der Waals surface area (Å²) >= 11 is 9.35. The molecule has 0 aliphatic rings. The maximum Gasteiger partial charge on any atom is 0.137 e. The summed E-state index contributed by atoms with van der Waals surface area (Å²) < 4.78 is 14.5. The van der Waals surface area contributed by atoms with E-state index in [-0.39, 0.29) is 11.2 Å². The molecular formula is C15H16BrClFN3. The summed E-state index contributed by atoms with van der Waals surface area (Å²) in [5.74, 6) is 0.966. The average Bonchev–Trinajstić information content (AvgIpc) is 2.38. The van der Waals surface area contributed by atoms with E-state index in [1.165, 1.54) is 6.07 Å². The second kappa shape index (κ2) is 6.28. The third-order valence-electron chi connectivity index (χ3n) is 2.83. The molecule has 0 aliphatic carbocycles. The molecule has 0 saturated carbocycles. The highest BCUT2D eigenvalue weighted by atomic mass is 79.9. The van der Waals surface area contributed by atoms with E-state index in [9.17, 15) is 4.39 Å². The standard InChI is InChI=1S/C15H16BrClFN3/c1-15(2,3)14-20-12(17)7-13(21-14)19-8-9-6-10(16)4-5-11(9)18/h4-7H,8H2,1-3H3,(H,19,20,21). The van der Waals surface area contributed by atoms with E-state index in [2.05, 4.69) is 31.2 Å². The molecule has 1 aromatic carbocycles. The fraction of sp³-hybridized carbons (Fsp3) is 0.333. The van der Waals surface area contributed by atoms with E-state index < -0.39 is 0 Å². The van der Waals surface area contributed by atoms with Gasteiger partial charge in [-0.3, -0.25) is 0 Å². The molecule has 3 nitrogen and oxygen atoms in total. The Kier molecular flexibility index (Phi) is 4.84. The zero-order chi connectivity index (χ0) is 15.6. The Morgan fingerprint density at radius 3 is 2.62 bits per heavy atom. The molecule has 0 amide bonds. The average molecular weight is 373 g/mol. The van der Waals surface area contributed by atoms with Crippen molar-refractivity contribution < 1.29 is 4.39 Å².